The molecule has 0 atom stereocenters. The number of nitrogens with one attached hydrogen (secondary N) is 2. The van der Waals surface area contributed by atoms with Gasteiger partial charge in [0.1, 0.15) is 17.6 Å². The molecule has 8 heteroatoms. The third kappa shape index (κ3) is 5.46. The normalized spacial score (nSPS) is 21.2. The van der Waals surface area contributed by atoms with Gasteiger partial charge in [0.25, 0.3) is 5.91 Å². The first-order chi connectivity index (χ1) is 15.1. The van der Waals surface area contributed by atoms with Crippen LogP contribution >= 0.6 is 11.6 Å². The van der Waals surface area contributed by atoms with Crippen molar-refractivity contribution >= 4 is 23.3 Å². The number of amides is 1. The zero-order chi connectivity index (χ0) is 21.6. The summed E-state index contributed by atoms with van der Waals surface area (Å²) in [7, 11) is 0. The number of piperazine rings is 1. The van der Waals surface area contributed by atoms with Crippen molar-refractivity contribution in [2.45, 2.75) is 37.8 Å². The van der Waals surface area contributed by atoms with Crippen LogP contribution in [0, 0.1) is 11.3 Å². The Morgan fingerprint density at radius 3 is 2.61 bits per heavy atom. The molecule has 2 heterocycles. The molecule has 1 aromatic carbocycles. The minimum absolute atomic E-state index is 0.0807. The van der Waals surface area contributed by atoms with Crippen molar-refractivity contribution in [1.29, 1.82) is 5.26 Å². The molecule has 2 aromatic rings. The fourth-order valence-corrected chi connectivity index (χ4v) is 4.26. The van der Waals surface area contributed by atoms with Crippen molar-refractivity contribution in [3.8, 4) is 11.8 Å². The van der Waals surface area contributed by atoms with Crippen LogP contribution in [0.4, 0.5) is 5.82 Å². The quantitative estimate of drug-likeness (QED) is 0.743. The molecule has 2 aliphatic rings. The van der Waals surface area contributed by atoms with E-state index in [1.165, 1.54) is 0 Å². The van der Waals surface area contributed by atoms with Crippen molar-refractivity contribution in [3.05, 3.63) is 52.7 Å². The number of hydrogen-bond donors (Lipinski definition) is 2. The molecular formula is C23H26ClN5O2. The summed E-state index contributed by atoms with van der Waals surface area (Å²) in [5.74, 6) is 1.51. The van der Waals surface area contributed by atoms with E-state index in [9.17, 15) is 4.79 Å². The first kappa shape index (κ1) is 21.4. The highest BCUT2D eigenvalue weighted by atomic mass is 35.5. The van der Waals surface area contributed by atoms with Crippen LogP contribution in [-0.2, 0) is 0 Å². The molecule has 1 saturated heterocycles. The number of carbonyl (C=O) groups excluding carboxylic acids is 1. The second-order valence-electron chi connectivity index (χ2n) is 7.96. The number of nitriles is 1. The van der Waals surface area contributed by atoms with Crippen LogP contribution in [0.1, 0.15) is 41.6 Å². The summed E-state index contributed by atoms with van der Waals surface area (Å²) in [6.45, 7) is 3.76. The van der Waals surface area contributed by atoms with Gasteiger partial charge in [0.05, 0.1) is 22.3 Å². The number of ether oxygens (including phenoxy) is 1. The maximum Gasteiger partial charge on any atom is 0.253 e. The Labute approximate surface area is 187 Å². The highest BCUT2D eigenvalue weighted by molar-refractivity contribution is 6.31. The number of halogens is 1. The van der Waals surface area contributed by atoms with Crippen LogP contribution in [0.3, 0.4) is 0 Å². The Morgan fingerprint density at radius 2 is 1.97 bits per heavy atom. The molecule has 0 bridgehead atoms. The van der Waals surface area contributed by atoms with E-state index < -0.39 is 0 Å². The molecular weight excluding hydrogens is 414 g/mol. The number of carbonyl (C=O) groups is 1. The monoisotopic (exact) mass is 439 g/mol. The number of benzene rings is 1. The molecule has 1 aliphatic carbocycles. The Hall–Kier alpha value is -2.82. The van der Waals surface area contributed by atoms with Gasteiger partial charge in [0, 0.05) is 44.5 Å². The predicted octanol–water partition coefficient (Wildman–Crippen LogP) is 3.14. The largest absolute Gasteiger partial charge is 0.490 e. The average molecular weight is 440 g/mol. The third-order valence-corrected chi connectivity index (χ3v) is 6.14. The number of aromatic nitrogens is 1. The number of anilines is 1. The van der Waals surface area contributed by atoms with Crippen LogP contribution in [0.25, 0.3) is 0 Å². The van der Waals surface area contributed by atoms with E-state index in [0.717, 1.165) is 57.7 Å². The second-order valence-corrected chi connectivity index (χ2v) is 8.37. The average Bonchev–Trinajstić information content (AvgIpc) is 2.81. The van der Waals surface area contributed by atoms with Crippen molar-refractivity contribution in [1.82, 2.24) is 15.6 Å². The lowest BCUT2D eigenvalue weighted by molar-refractivity contribution is 0.0893. The van der Waals surface area contributed by atoms with E-state index >= 15 is 0 Å². The molecule has 7 nitrogen and oxygen atoms in total. The molecule has 1 amide bonds. The van der Waals surface area contributed by atoms with Crippen LogP contribution in [0.5, 0.6) is 5.75 Å². The van der Waals surface area contributed by atoms with Gasteiger partial charge in [-0.3, -0.25) is 4.79 Å². The Kier molecular flexibility index (Phi) is 6.90. The van der Waals surface area contributed by atoms with Gasteiger partial charge in [0.15, 0.2) is 0 Å². The van der Waals surface area contributed by atoms with E-state index in [-0.39, 0.29) is 18.1 Å². The Bertz CT molecular complexity index is 945. The minimum Gasteiger partial charge on any atom is -0.490 e. The van der Waals surface area contributed by atoms with E-state index in [1.54, 1.807) is 24.4 Å². The zero-order valence-electron chi connectivity index (χ0n) is 17.3. The van der Waals surface area contributed by atoms with Gasteiger partial charge in [-0.05, 0) is 49.9 Å². The fourth-order valence-electron chi connectivity index (χ4n) is 4.05. The molecule has 0 radical (unpaired) electrons. The summed E-state index contributed by atoms with van der Waals surface area (Å²) in [6.07, 6.45) is 5.15. The van der Waals surface area contributed by atoms with E-state index in [0.29, 0.717) is 21.9 Å². The van der Waals surface area contributed by atoms with E-state index in [2.05, 4.69) is 20.5 Å². The molecule has 31 heavy (non-hydrogen) atoms. The van der Waals surface area contributed by atoms with Crippen LogP contribution in [0.2, 0.25) is 5.02 Å². The SMILES string of the molecule is N#Cc1ccc(OC2CCC(NC(=O)c3ccc(N4CCNCC4)nc3)CC2)cc1Cl. The van der Waals surface area contributed by atoms with Crippen molar-refractivity contribution in [2.24, 2.45) is 0 Å². The molecule has 4 rings (SSSR count). The van der Waals surface area contributed by atoms with Gasteiger partial charge >= 0.3 is 0 Å². The topological polar surface area (TPSA) is 90.3 Å². The molecule has 2 N–H and O–H groups in total. The highest BCUT2D eigenvalue weighted by Gasteiger charge is 2.24. The van der Waals surface area contributed by atoms with Crippen LogP contribution in [-0.4, -0.2) is 49.2 Å². The predicted molar refractivity (Wildman–Crippen MR) is 120 cm³/mol. The lowest BCUT2D eigenvalue weighted by Gasteiger charge is -2.30. The first-order valence-corrected chi connectivity index (χ1v) is 11.1. The van der Waals surface area contributed by atoms with Gasteiger partial charge in [-0.1, -0.05) is 11.6 Å². The molecule has 1 aromatic heterocycles. The van der Waals surface area contributed by atoms with Gasteiger partial charge < -0.3 is 20.3 Å². The number of pyridine rings is 1. The molecule has 0 spiro atoms. The number of hydrogen-bond acceptors (Lipinski definition) is 6. The molecule has 1 saturated carbocycles. The summed E-state index contributed by atoms with van der Waals surface area (Å²) < 4.78 is 6.02. The summed E-state index contributed by atoms with van der Waals surface area (Å²) >= 11 is 6.08. The van der Waals surface area contributed by atoms with Gasteiger partial charge in [0.2, 0.25) is 0 Å². The maximum atomic E-state index is 12.6. The summed E-state index contributed by atoms with van der Waals surface area (Å²) in [5, 5.41) is 15.8. The second kappa shape index (κ2) is 9.99. The van der Waals surface area contributed by atoms with E-state index in [1.807, 2.05) is 18.2 Å². The number of nitrogens with zero attached hydrogens (tertiary/aromatic N) is 3. The minimum atomic E-state index is -0.0809. The summed E-state index contributed by atoms with van der Waals surface area (Å²) in [6, 6.07) is 11.1. The standard InChI is InChI=1S/C23H26ClN5O2/c24-21-13-20(5-1-16(21)14-25)31-19-6-3-18(4-7-19)28-23(30)17-2-8-22(27-15-17)29-11-9-26-10-12-29/h1-2,5,8,13,15,18-19,26H,3-4,6-7,9-12H2,(H,28,30). The Balaban J connectivity index is 1.25. The number of rotatable bonds is 5. The van der Waals surface area contributed by atoms with Crippen LogP contribution < -0.4 is 20.3 Å². The van der Waals surface area contributed by atoms with Crippen LogP contribution in [0.15, 0.2) is 36.5 Å². The third-order valence-electron chi connectivity index (χ3n) is 5.82. The van der Waals surface area contributed by atoms with Gasteiger partial charge in [-0.15, -0.1) is 0 Å². The first-order valence-electron chi connectivity index (χ1n) is 10.7. The maximum absolute atomic E-state index is 12.6. The molecule has 1 aliphatic heterocycles. The van der Waals surface area contributed by atoms with Gasteiger partial charge in [-0.25, -0.2) is 4.98 Å². The van der Waals surface area contributed by atoms with Gasteiger partial charge in [-0.2, -0.15) is 5.26 Å². The molecule has 2 fully saturated rings. The lowest BCUT2D eigenvalue weighted by Crippen LogP contribution is -2.44. The highest BCUT2D eigenvalue weighted by Crippen LogP contribution is 2.27. The van der Waals surface area contributed by atoms with Crippen molar-refractivity contribution in [2.75, 3.05) is 31.1 Å². The lowest BCUT2D eigenvalue weighted by atomic mass is 9.92. The summed E-state index contributed by atoms with van der Waals surface area (Å²) in [5.41, 5.74) is 1.03. The zero-order valence-corrected chi connectivity index (χ0v) is 18.1. The fraction of sp³-hybridized carbons (Fsp3) is 0.435. The molecule has 0 unspecified atom stereocenters. The summed E-state index contributed by atoms with van der Waals surface area (Å²) in [4.78, 5) is 19.3. The Morgan fingerprint density at radius 1 is 1.19 bits per heavy atom. The smallest absolute Gasteiger partial charge is 0.253 e. The molecule has 162 valence electrons. The van der Waals surface area contributed by atoms with Crippen molar-refractivity contribution < 1.29 is 9.53 Å². The van der Waals surface area contributed by atoms with E-state index in [4.69, 9.17) is 21.6 Å². The van der Waals surface area contributed by atoms with Crippen molar-refractivity contribution in [3.63, 3.8) is 0 Å².